The van der Waals surface area contributed by atoms with E-state index in [1.807, 2.05) is 0 Å². The van der Waals surface area contributed by atoms with Crippen molar-refractivity contribution < 1.29 is 27.5 Å². The number of carbonyl (C=O) groups excluding carboxylic acids is 2. The fourth-order valence-electron chi connectivity index (χ4n) is 2.38. The molecule has 0 spiro atoms. The normalized spacial score (nSPS) is 14.0. The molecule has 0 radical (unpaired) electrons. The Hall–Kier alpha value is -2.89. The minimum absolute atomic E-state index is 0.00864. The Morgan fingerprint density at radius 1 is 0.826 bits per heavy atom. The number of halogens is 3. The first-order valence-electron chi connectivity index (χ1n) is 6.62. The van der Waals surface area contributed by atoms with E-state index in [2.05, 4.69) is 4.74 Å². The largest absolute Gasteiger partial charge is 0.573 e. The second kappa shape index (κ2) is 5.39. The van der Waals surface area contributed by atoms with Gasteiger partial charge in [-0.25, -0.2) is 0 Å². The molecule has 0 aromatic heterocycles. The third-order valence-electron chi connectivity index (χ3n) is 3.35. The van der Waals surface area contributed by atoms with Crippen LogP contribution in [0.2, 0.25) is 0 Å². The predicted molar refractivity (Wildman–Crippen MR) is 76.2 cm³/mol. The first kappa shape index (κ1) is 15.0. The van der Waals surface area contributed by atoms with Crippen LogP contribution >= 0.6 is 0 Å². The molecule has 1 aliphatic rings. The van der Waals surface area contributed by atoms with Crippen LogP contribution in [-0.4, -0.2) is 17.9 Å². The van der Waals surface area contributed by atoms with Crippen LogP contribution in [0, 0.1) is 0 Å². The van der Waals surface area contributed by atoms with Crippen molar-refractivity contribution in [1.82, 2.24) is 0 Å². The zero-order chi connectivity index (χ0) is 16.6. The van der Waals surface area contributed by atoms with Crippen LogP contribution in [0.5, 0.6) is 5.75 Å². The van der Waals surface area contributed by atoms with Gasteiger partial charge in [-0.05, 0) is 12.1 Å². The van der Waals surface area contributed by atoms with Gasteiger partial charge in [0.05, 0.1) is 5.57 Å². The van der Waals surface area contributed by atoms with Crippen molar-refractivity contribution >= 4 is 17.6 Å². The van der Waals surface area contributed by atoms with E-state index in [1.54, 1.807) is 12.1 Å². The molecule has 3 nitrogen and oxygen atoms in total. The van der Waals surface area contributed by atoms with Crippen molar-refractivity contribution in [3.05, 3.63) is 70.8 Å². The molecule has 0 saturated heterocycles. The second-order valence-corrected chi connectivity index (χ2v) is 4.85. The quantitative estimate of drug-likeness (QED) is 0.620. The summed E-state index contributed by atoms with van der Waals surface area (Å²) >= 11 is 0. The Balaban J connectivity index is 2.04. The Morgan fingerprint density at radius 2 is 1.35 bits per heavy atom. The fraction of sp³-hybridized carbons (Fsp3) is 0.0588. The zero-order valence-corrected chi connectivity index (χ0v) is 11.6. The maximum absolute atomic E-state index is 12.4. The van der Waals surface area contributed by atoms with Crippen LogP contribution in [-0.2, 0) is 0 Å². The van der Waals surface area contributed by atoms with Gasteiger partial charge in [-0.1, -0.05) is 42.5 Å². The number of ether oxygens (including phenoxy) is 1. The molecule has 1 aliphatic carbocycles. The lowest BCUT2D eigenvalue weighted by atomic mass is 10.1. The molecule has 0 heterocycles. The highest BCUT2D eigenvalue weighted by atomic mass is 19.4. The molecule has 2 aromatic carbocycles. The minimum Gasteiger partial charge on any atom is -0.405 e. The molecule has 116 valence electrons. The van der Waals surface area contributed by atoms with E-state index in [1.165, 1.54) is 30.3 Å². The van der Waals surface area contributed by atoms with Crippen molar-refractivity contribution in [2.75, 3.05) is 0 Å². The number of rotatable bonds is 2. The van der Waals surface area contributed by atoms with Crippen LogP contribution < -0.4 is 4.74 Å². The maximum Gasteiger partial charge on any atom is 0.573 e. The van der Waals surface area contributed by atoms with Gasteiger partial charge in [-0.15, -0.1) is 13.2 Å². The second-order valence-electron chi connectivity index (χ2n) is 4.85. The van der Waals surface area contributed by atoms with Crippen LogP contribution in [0.15, 0.2) is 54.1 Å². The first-order valence-corrected chi connectivity index (χ1v) is 6.62. The summed E-state index contributed by atoms with van der Waals surface area (Å²) in [5, 5.41) is 0. The van der Waals surface area contributed by atoms with E-state index >= 15 is 0 Å². The van der Waals surface area contributed by atoms with Gasteiger partial charge in [0.1, 0.15) is 5.75 Å². The summed E-state index contributed by atoms with van der Waals surface area (Å²) in [5.74, 6) is -1.48. The number of hydrogen-bond acceptors (Lipinski definition) is 3. The van der Waals surface area contributed by atoms with Crippen molar-refractivity contribution in [2.24, 2.45) is 0 Å². The standard InChI is InChI=1S/C17H9F3O3/c18-17(19,20)23-14-8-4-1-5-10(14)9-13-15(21)11-6-2-3-7-12(11)16(13)22/h1-9H. The molecular weight excluding hydrogens is 309 g/mol. The number of benzene rings is 2. The SMILES string of the molecule is O=C1C(=Cc2ccccc2OC(F)(F)F)C(=O)c2ccccc21. The van der Waals surface area contributed by atoms with E-state index in [0.29, 0.717) is 0 Å². The molecule has 0 aliphatic heterocycles. The molecule has 23 heavy (non-hydrogen) atoms. The average molecular weight is 318 g/mol. The van der Waals surface area contributed by atoms with Crippen molar-refractivity contribution in [3.63, 3.8) is 0 Å². The number of para-hydroxylation sites is 1. The number of hydrogen-bond donors (Lipinski definition) is 0. The number of alkyl halides is 3. The van der Waals surface area contributed by atoms with E-state index in [9.17, 15) is 22.8 Å². The van der Waals surface area contributed by atoms with Gasteiger partial charge in [-0.3, -0.25) is 9.59 Å². The summed E-state index contributed by atoms with van der Waals surface area (Å²) in [5.41, 5.74) is 0.328. The molecule has 0 atom stereocenters. The fourth-order valence-corrected chi connectivity index (χ4v) is 2.38. The van der Waals surface area contributed by atoms with E-state index in [0.717, 1.165) is 12.1 Å². The van der Waals surface area contributed by atoms with Crippen molar-refractivity contribution in [3.8, 4) is 5.75 Å². The lowest BCUT2D eigenvalue weighted by Crippen LogP contribution is -2.17. The van der Waals surface area contributed by atoms with Gasteiger partial charge in [0.2, 0.25) is 0 Å². The molecule has 0 bridgehead atoms. The average Bonchev–Trinajstić information content (AvgIpc) is 2.73. The summed E-state index contributed by atoms with van der Waals surface area (Å²) in [6, 6.07) is 11.6. The topological polar surface area (TPSA) is 43.4 Å². The van der Waals surface area contributed by atoms with E-state index in [4.69, 9.17) is 0 Å². The number of allylic oxidation sites excluding steroid dienone is 1. The molecule has 0 saturated carbocycles. The molecule has 3 rings (SSSR count). The van der Waals surface area contributed by atoms with Crippen LogP contribution in [0.3, 0.4) is 0 Å². The van der Waals surface area contributed by atoms with Gasteiger partial charge >= 0.3 is 6.36 Å². The van der Waals surface area contributed by atoms with Gasteiger partial charge in [0.15, 0.2) is 11.6 Å². The summed E-state index contributed by atoms with van der Waals surface area (Å²) in [4.78, 5) is 24.5. The maximum atomic E-state index is 12.4. The summed E-state index contributed by atoms with van der Waals surface area (Å²) in [6.07, 6.45) is -3.73. The van der Waals surface area contributed by atoms with Crippen LogP contribution in [0.25, 0.3) is 6.08 Å². The Kier molecular flexibility index (Phi) is 3.52. The Morgan fingerprint density at radius 3 is 1.91 bits per heavy atom. The molecular formula is C17H9F3O3. The van der Waals surface area contributed by atoms with Crippen LogP contribution in [0.1, 0.15) is 26.3 Å². The van der Waals surface area contributed by atoms with E-state index < -0.39 is 23.7 Å². The predicted octanol–water partition coefficient (Wildman–Crippen LogP) is 4.05. The smallest absolute Gasteiger partial charge is 0.405 e. The zero-order valence-electron chi connectivity index (χ0n) is 11.6. The molecule has 0 unspecified atom stereocenters. The number of fused-ring (bicyclic) bond motifs is 1. The third-order valence-corrected chi connectivity index (χ3v) is 3.35. The molecule has 2 aromatic rings. The monoisotopic (exact) mass is 318 g/mol. The first-order chi connectivity index (χ1) is 10.9. The summed E-state index contributed by atoms with van der Waals surface area (Å²) < 4.78 is 41.2. The van der Waals surface area contributed by atoms with Crippen LogP contribution in [0.4, 0.5) is 13.2 Å². The minimum atomic E-state index is -4.86. The van der Waals surface area contributed by atoms with Gasteiger partial charge in [0, 0.05) is 16.7 Å². The summed E-state index contributed by atoms with van der Waals surface area (Å²) in [6.45, 7) is 0. The lowest BCUT2D eigenvalue weighted by Gasteiger charge is -2.11. The third kappa shape index (κ3) is 2.88. The number of ketones is 2. The molecule has 0 fully saturated rings. The lowest BCUT2D eigenvalue weighted by molar-refractivity contribution is -0.274. The number of Topliss-reactive ketones (excluding diaryl/α,β-unsaturated/α-hetero) is 2. The molecule has 6 heteroatoms. The van der Waals surface area contributed by atoms with Crippen molar-refractivity contribution in [2.45, 2.75) is 6.36 Å². The Labute approximate surface area is 129 Å². The van der Waals surface area contributed by atoms with Gasteiger partial charge < -0.3 is 4.74 Å². The highest BCUT2D eigenvalue weighted by Gasteiger charge is 2.34. The van der Waals surface area contributed by atoms with E-state index in [-0.39, 0.29) is 22.3 Å². The van der Waals surface area contributed by atoms with Gasteiger partial charge in [-0.2, -0.15) is 0 Å². The van der Waals surface area contributed by atoms with Gasteiger partial charge in [0.25, 0.3) is 0 Å². The Bertz CT molecular complexity index is 798. The highest BCUT2D eigenvalue weighted by molar-refractivity contribution is 6.41. The summed E-state index contributed by atoms with van der Waals surface area (Å²) in [7, 11) is 0. The highest BCUT2D eigenvalue weighted by Crippen LogP contribution is 2.31. The molecule has 0 N–H and O–H groups in total. The van der Waals surface area contributed by atoms with Crippen molar-refractivity contribution in [1.29, 1.82) is 0 Å². The molecule has 0 amide bonds. The number of carbonyl (C=O) groups is 2.